The standard InChI is InChI=1S/C46H50F2N4O11S3/c1-45(2)16-14-37-31(20-45)40(42(54)55)41(65-37)29-10-8-28(9-11-29)21-49-43(56)60-25-46-32(15-17-61-46)36(24-62-46)63-44(57)51-34(18-27-6-4-3-5-7-27)35(53)22-52(23-39(47)48)66(58,59)30-12-13-33-38(19-30)64-26-50-33/h3-13,19,26,32,34-36,39,53H,14-18,20-25H2,1-2H3,(H,49,56)(H,51,57)(H,54,55)/t32-,34-,35+,36-,46+/m0/s1. The number of aryl methyl sites for hydroxylation is 1. The summed E-state index contributed by atoms with van der Waals surface area (Å²) in [6.07, 6.45) is -4.38. The fourth-order valence-corrected chi connectivity index (χ4v) is 12.4. The van der Waals surface area contributed by atoms with Crippen LogP contribution in [0.15, 0.2) is 83.2 Å². The second kappa shape index (κ2) is 19.6. The molecule has 20 heteroatoms. The van der Waals surface area contributed by atoms with Crippen LogP contribution in [0, 0.1) is 11.3 Å². The number of carbonyl (C=O) groups is 3. The third-order valence-corrected chi connectivity index (χ3v) is 16.3. The predicted octanol–water partition coefficient (Wildman–Crippen LogP) is 7.25. The average molecular weight is 969 g/mol. The number of nitrogens with zero attached hydrogens (tertiary/aromatic N) is 2. The van der Waals surface area contributed by atoms with Crippen LogP contribution in [-0.4, -0.2) is 109 Å². The molecule has 0 radical (unpaired) electrons. The van der Waals surface area contributed by atoms with E-state index in [9.17, 15) is 41.8 Å². The number of nitrogens with one attached hydrogen (secondary N) is 2. The Bertz CT molecular complexity index is 2660. The Morgan fingerprint density at radius 3 is 2.53 bits per heavy atom. The van der Waals surface area contributed by atoms with Crippen molar-refractivity contribution in [1.29, 1.82) is 0 Å². The van der Waals surface area contributed by atoms with Gasteiger partial charge in [0, 0.05) is 22.8 Å². The lowest BCUT2D eigenvalue weighted by molar-refractivity contribution is -0.216. The van der Waals surface area contributed by atoms with Crippen LogP contribution >= 0.6 is 22.7 Å². The van der Waals surface area contributed by atoms with Crippen LogP contribution < -0.4 is 10.6 Å². The quantitative estimate of drug-likeness (QED) is 0.0728. The van der Waals surface area contributed by atoms with Gasteiger partial charge in [-0.25, -0.2) is 36.6 Å². The third kappa shape index (κ3) is 10.5. The first kappa shape index (κ1) is 47.4. The van der Waals surface area contributed by atoms with Gasteiger partial charge in [0.2, 0.25) is 15.8 Å². The number of aliphatic hydroxyl groups is 1. The van der Waals surface area contributed by atoms with Crippen molar-refractivity contribution in [3.63, 3.8) is 0 Å². The van der Waals surface area contributed by atoms with Gasteiger partial charge in [-0.1, -0.05) is 68.4 Å². The minimum atomic E-state index is -4.54. The van der Waals surface area contributed by atoms with Gasteiger partial charge in [0.05, 0.1) is 64.0 Å². The van der Waals surface area contributed by atoms with Gasteiger partial charge >= 0.3 is 18.2 Å². The van der Waals surface area contributed by atoms with Crippen molar-refractivity contribution in [2.75, 3.05) is 32.9 Å². The van der Waals surface area contributed by atoms with Gasteiger partial charge in [-0.05, 0) is 78.0 Å². The molecule has 4 N–H and O–H groups in total. The molecule has 0 spiro atoms. The highest BCUT2D eigenvalue weighted by atomic mass is 32.2. The summed E-state index contributed by atoms with van der Waals surface area (Å²) in [6, 6.07) is 19.0. The number of carbonyl (C=O) groups excluding carboxylic acids is 2. The van der Waals surface area contributed by atoms with E-state index in [1.54, 1.807) is 30.3 Å². The number of hydrogen-bond donors (Lipinski definition) is 4. The van der Waals surface area contributed by atoms with Crippen LogP contribution in [0.25, 0.3) is 20.7 Å². The number of amides is 2. The fourth-order valence-electron chi connectivity index (χ4n) is 8.84. The molecule has 8 rings (SSSR count). The summed E-state index contributed by atoms with van der Waals surface area (Å²) in [5.41, 5.74) is 5.60. The fraction of sp³-hybridized carbons (Fsp3) is 0.435. The molecule has 2 aliphatic heterocycles. The molecular weight excluding hydrogens is 919 g/mol. The number of halogens is 2. The molecule has 0 unspecified atom stereocenters. The van der Waals surface area contributed by atoms with Gasteiger partial charge in [0.1, 0.15) is 12.7 Å². The van der Waals surface area contributed by atoms with Crippen molar-refractivity contribution >= 4 is 61.1 Å². The molecule has 1 aliphatic carbocycles. The number of aliphatic hydroxyl groups excluding tert-OH is 1. The molecule has 3 aliphatic rings. The summed E-state index contributed by atoms with van der Waals surface area (Å²) in [5, 5.41) is 27.0. The lowest BCUT2D eigenvalue weighted by Crippen LogP contribution is -2.52. The highest BCUT2D eigenvalue weighted by Crippen LogP contribution is 2.46. The van der Waals surface area contributed by atoms with E-state index < -0.39 is 77.6 Å². The average Bonchev–Trinajstić information content (AvgIpc) is 4.08. The molecule has 352 valence electrons. The summed E-state index contributed by atoms with van der Waals surface area (Å²) < 4.78 is 79.6. The lowest BCUT2D eigenvalue weighted by atomic mass is 9.76. The number of hydrogen-bond acceptors (Lipinski definition) is 13. The minimum Gasteiger partial charge on any atom is -0.478 e. The number of thiophene rings is 1. The normalized spacial score (nSPS) is 21.0. The van der Waals surface area contributed by atoms with Crippen molar-refractivity contribution in [1.82, 2.24) is 19.9 Å². The third-order valence-electron chi connectivity index (χ3n) is 12.3. The Hall–Kier alpha value is -5.09. The maximum Gasteiger partial charge on any atom is 0.407 e. The highest BCUT2D eigenvalue weighted by Gasteiger charge is 2.57. The number of carboxylic acids is 1. The molecular formula is C46H50F2N4O11S3. The summed E-state index contributed by atoms with van der Waals surface area (Å²) in [4.78, 5) is 44.6. The van der Waals surface area contributed by atoms with Crippen LogP contribution in [0.4, 0.5) is 18.4 Å². The zero-order chi connectivity index (χ0) is 46.8. The smallest absolute Gasteiger partial charge is 0.407 e. The summed E-state index contributed by atoms with van der Waals surface area (Å²) in [5.74, 6) is -2.89. The van der Waals surface area contributed by atoms with Gasteiger partial charge < -0.3 is 39.8 Å². The zero-order valence-corrected chi connectivity index (χ0v) is 38.6. The molecule has 0 saturated carbocycles. The number of aromatic nitrogens is 1. The molecule has 5 aromatic rings. The van der Waals surface area contributed by atoms with Crippen LogP contribution in [0.1, 0.15) is 58.6 Å². The number of benzene rings is 3. The Kier molecular flexibility index (Phi) is 14.1. The second-order valence-corrected chi connectivity index (χ2v) is 21.4. The second-order valence-electron chi connectivity index (χ2n) is 17.5. The molecule has 3 aromatic carbocycles. The van der Waals surface area contributed by atoms with E-state index in [-0.39, 0.29) is 43.1 Å². The van der Waals surface area contributed by atoms with Crippen molar-refractivity contribution < 1.29 is 60.7 Å². The monoisotopic (exact) mass is 968 g/mol. The first-order valence-corrected chi connectivity index (χ1v) is 24.6. The molecule has 2 aromatic heterocycles. The van der Waals surface area contributed by atoms with Crippen molar-refractivity contribution in [3.05, 3.63) is 105 Å². The molecule has 2 fully saturated rings. The van der Waals surface area contributed by atoms with Crippen LogP contribution in [0.5, 0.6) is 0 Å². The van der Waals surface area contributed by atoms with Gasteiger partial charge in [-0.15, -0.1) is 22.7 Å². The molecule has 15 nitrogen and oxygen atoms in total. The van der Waals surface area contributed by atoms with E-state index in [1.807, 2.05) is 24.3 Å². The van der Waals surface area contributed by atoms with Crippen molar-refractivity contribution in [3.8, 4) is 10.4 Å². The van der Waals surface area contributed by atoms with Crippen LogP contribution in [0.2, 0.25) is 0 Å². The van der Waals surface area contributed by atoms with Gasteiger partial charge in [0.25, 0.3) is 6.43 Å². The number of rotatable bonds is 17. The van der Waals surface area contributed by atoms with E-state index in [4.69, 9.17) is 18.9 Å². The topological polar surface area (TPSA) is 203 Å². The molecule has 66 heavy (non-hydrogen) atoms. The number of fused-ring (bicyclic) bond motifs is 3. The highest BCUT2D eigenvalue weighted by molar-refractivity contribution is 7.89. The first-order valence-electron chi connectivity index (χ1n) is 21.5. The van der Waals surface area contributed by atoms with E-state index >= 15 is 0 Å². The number of alkyl halides is 2. The first-order chi connectivity index (χ1) is 31.5. The zero-order valence-electron chi connectivity index (χ0n) is 36.1. The lowest BCUT2D eigenvalue weighted by Gasteiger charge is -2.30. The number of ether oxygens (including phenoxy) is 4. The SMILES string of the molecule is CC1(C)CCc2sc(-c3ccc(CNC(=O)OC[C@]45OCC[C@H]4[C@@H](OC(=O)N[C@@H](Cc4ccccc4)[C@H](O)CN(CC(F)F)S(=O)(=O)c4ccc6ncsc6c4)CO5)cc3)c(C(=O)O)c2C1. The summed E-state index contributed by atoms with van der Waals surface area (Å²) >= 11 is 2.72. The van der Waals surface area contributed by atoms with Crippen molar-refractivity contribution in [2.45, 2.75) is 87.9 Å². The summed E-state index contributed by atoms with van der Waals surface area (Å²) in [6.45, 7) is 2.25. The van der Waals surface area contributed by atoms with E-state index in [0.29, 0.717) is 38.5 Å². The molecule has 2 saturated heterocycles. The molecule has 0 bridgehead atoms. The molecule has 4 heterocycles. The number of aromatic carboxylic acids is 1. The Morgan fingerprint density at radius 2 is 1.79 bits per heavy atom. The molecule has 5 atom stereocenters. The predicted molar refractivity (Wildman–Crippen MR) is 241 cm³/mol. The minimum absolute atomic E-state index is 0.00216. The molecule has 2 amide bonds. The number of sulfonamides is 1. The van der Waals surface area contributed by atoms with Crippen molar-refractivity contribution in [2.24, 2.45) is 11.3 Å². The van der Waals surface area contributed by atoms with Gasteiger partial charge in [-0.3, -0.25) is 0 Å². The number of carboxylic acid groups (broad SMARTS) is 1. The number of thiazole rings is 1. The summed E-state index contributed by atoms with van der Waals surface area (Å²) in [7, 11) is -4.54. The maximum absolute atomic E-state index is 13.9. The van der Waals surface area contributed by atoms with Gasteiger partial charge in [0.15, 0.2) is 0 Å². The maximum atomic E-state index is 13.9. The van der Waals surface area contributed by atoms with E-state index in [1.165, 1.54) is 46.4 Å². The van der Waals surface area contributed by atoms with E-state index in [0.717, 1.165) is 39.3 Å². The van der Waals surface area contributed by atoms with Crippen LogP contribution in [-0.2, 0) is 54.8 Å². The Balaban J connectivity index is 0.872. The van der Waals surface area contributed by atoms with Gasteiger partial charge in [-0.2, -0.15) is 4.31 Å². The van der Waals surface area contributed by atoms with Crippen LogP contribution in [0.3, 0.4) is 0 Å². The number of alkyl carbamates (subject to hydrolysis) is 2. The largest absolute Gasteiger partial charge is 0.478 e. The van der Waals surface area contributed by atoms with E-state index in [2.05, 4.69) is 29.5 Å². The Labute approximate surface area is 388 Å². The Morgan fingerprint density at radius 1 is 1.02 bits per heavy atom.